The van der Waals surface area contributed by atoms with E-state index in [1.165, 1.54) is 28.7 Å². The van der Waals surface area contributed by atoms with E-state index in [0.29, 0.717) is 23.0 Å². The predicted molar refractivity (Wildman–Crippen MR) is 264 cm³/mol. The number of carbonyl (C=O) groups excluding carboxylic acids is 5. The third-order valence-electron chi connectivity index (χ3n) is 12.8. The first-order valence-electron chi connectivity index (χ1n) is 23.1. The number of aromatic nitrogens is 3. The molecule has 5 N–H and O–H groups in total. The van der Waals surface area contributed by atoms with Crippen LogP contribution in [0.25, 0.3) is 33.2 Å². The minimum atomic E-state index is -2.98. The standard InChI is InChI=1S/C50H52F2N8O10S2/c1-28-20-50(51,52)27-60(28)47(64)41-18-33(45(63)58-41)19-44(62)59-23-32-5-3-4-29(38(32)24-59)8-11-43(61)57-42(48(65)66)26-72-71-15-14-69-49(67)70-25-35-9-6-31(21-55-35)36-12-13-54-40-10-7-30(16-37(36)40)34-17-39(53)46(68-2)56-22-34/h3-7,9-10,12-13,16-17,21-22,28,33,41-42H,8,11,14-15,18-20,23-27,53H2,1-2H3,(H,57,61)(H,58,63)(H,65,66)/t28-,33+,41+,42?/m1/s1. The number of hydrogen-bond donors (Lipinski definition) is 4. The zero-order valence-electron chi connectivity index (χ0n) is 39.3. The monoisotopic (exact) mass is 1030 g/mol. The minimum Gasteiger partial charge on any atom is -0.480 e. The van der Waals surface area contributed by atoms with Gasteiger partial charge in [-0.2, -0.15) is 0 Å². The maximum absolute atomic E-state index is 13.9. The number of fused-ring (bicyclic) bond motifs is 2. The largest absolute Gasteiger partial charge is 0.508 e. The Labute approximate surface area is 420 Å². The Bertz CT molecular complexity index is 2880. The molecule has 0 aliphatic carbocycles. The van der Waals surface area contributed by atoms with E-state index in [2.05, 4.69) is 25.6 Å². The first kappa shape index (κ1) is 51.3. The molecule has 3 aliphatic heterocycles. The van der Waals surface area contributed by atoms with Crippen LogP contribution in [0, 0.1) is 5.92 Å². The predicted octanol–water partition coefficient (Wildman–Crippen LogP) is 6.18. The van der Waals surface area contributed by atoms with Crippen molar-refractivity contribution in [3.63, 3.8) is 0 Å². The van der Waals surface area contributed by atoms with Gasteiger partial charge >= 0.3 is 12.1 Å². The molecule has 0 bridgehead atoms. The highest BCUT2D eigenvalue weighted by molar-refractivity contribution is 8.76. The summed E-state index contributed by atoms with van der Waals surface area (Å²) in [7, 11) is 3.98. The molecule has 72 heavy (non-hydrogen) atoms. The first-order chi connectivity index (χ1) is 34.5. The van der Waals surface area contributed by atoms with E-state index in [0.717, 1.165) is 54.7 Å². The summed E-state index contributed by atoms with van der Waals surface area (Å²) in [5, 5.41) is 15.9. The SMILES string of the molecule is COc1ncc(-c2ccc3nccc(-c4ccc(COC(=O)OCCSSCC(NC(=O)CCc5cccc6c5CN(C(=O)C[C@@H]5C[C@@H](C(=O)N7CC(F)(F)C[C@H]7C)NC5=O)C6)C(=O)O)nc4)c3c2)cc1N. The Morgan fingerprint density at radius 2 is 1.79 bits per heavy atom. The van der Waals surface area contributed by atoms with E-state index in [1.807, 2.05) is 48.5 Å². The lowest BCUT2D eigenvalue weighted by atomic mass is 9.98. The van der Waals surface area contributed by atoms with Crippen molar-refractivity contribution in [2.75, 3.05) is 37.5 Å². The van der Waals surface area contributed by atoms with E-state index >= 15 is 0 Å². The summed E-state index contributed by atoms with van der Waals surface area (Å²) in [6.07, 6.45) is 3.94. The molecule has 8 rings (SSSR count). The van der Waals surface area contributed by atoms with Crippen LogP contribution in [0.15, 0.2) is 79.3 Å². The van der Waals surface area contributed by atoms with Gasteiger partial charge in [0.15, 0.2) is 0 Å². The van der Waals surface area contributed by atoms with Crippen molar-refractivity contribution in [3.05, 3.63) is 102 Å². The van der Waals surface area contributed by atoms with Crippen LogP contribution in [0.2, 0.25) is 0 Å². The quantitative estimate of drug-likeness (QED) is 0.0410. The van der Waals surface area contributed by atoms with E-state index in [4.69, 9.17) is 19.9 Å². The minimum absolute atomic E-state index is 0.00492. The number of carboxylic acid groups (broad SMARTS) is 1. The van der Waals surface area contributed by atoms with E-state index in [-0.39, 0.29) is 63.6 Å². The van der Waals surface area contributed by atoms with Crippen LogP contribution in [-0.4, -0.2) is 121 Å². The Hall–Kier alpha value is -7.07. The number of halogens is 2. The summed E-state index contributed by atoms with van der Waals surface area (Å²) in [5.41, 5.74) is 13.8. The number of nitrogens with two attached hydrogens (primary N) is 1. The van der Waals surface area contributed by atoms with Crippen molar-refractivity contribution in [2.45, 2.75) is 82.8 Å². The van der Waals surface area contributed by atoms with Gasteiger partial charge in [-0.05, 0) is 77.9 Å². The lowest BCUT2D eigenvalue weighted by molar-refractivity contribution is -0.141. The van der Waals surface area contributed by atoms with Gasteiger partial charge in [-0.3, -0.25) is 29.1 Å². The van der Waals surface area contributed by atoms with Gasteiger partial charge in [0, 0.05) is 90.9 Å². The van der Waals surface area contributed by atoms with Crippen molar-refractivity contribution in [1.29, 1.82) is 0 Å². The maximum atomic E-state index is 13.9. The number of hydrogen-bond acceptors (Lipinski definition) is 15. The number of rotatable bonds is 19. The summed E-state index contributed by atoms with van der Waals surface area (Å²) in [6, 6.07) is 15.9. The Kier molecular flexibility index (Phi) is 16.1. The fraction of sp³-hybridized carbons (Fsp3) is 0.380. The molecule has 22 heteroatoms. The number of nitrogens with zero attached hydrogens (tertiary/aromatic N) is 5. The third kappa shape index (κ3) is 12.3. The number of alkyl halides is 2. The Morgan fingerprint density at radius 1 is 0.986 bits per heavy atom. The number of methoxy groups -OCH3 is 1. The molecule has 0 spiro atoms. The molecule has 2 aromatic carbocycles. The van der Waals surface area contributed by atoms with Gasteiger partial charge in [-0.1, -0.05) is 51.9 Å². The lowest BCUT2D eigenvalue weighted by Gasteiger charge is -2.24. The molecule has 2 fully saturated rings. The number of amides is 4. The molecule has 3 aliphatic rings. The average Bonchev–Trinajstić information content (AvgIpc) is 4.06. The number of nitrogen functional groups attached to an aromatic ring is 1. The molecule has 18 nitrogen and oxygen atoms in total. The number of anilines is 1. The number of carbonyl (C=O) groups is 6. The van der Waals surface area contributed by atoms with Crippen molar-refractivity contribution >= 4 is 73.9 Å². The number of benzene rings is 2. The molecule has 4 amide bonds. The number of likely N-dealkylation sites (tertiary alicyclic amines) is 1. The fourth-order valence-corrected chi connectivity index (χ4v) is 11.1. The second-order valence-electron chi connectivity index (χ2n) is 17.8. The Morgan fingerprint density at radius 3 is 2.53 bits per heavy atom. The maximum Gasteiger partial charge on any atom is 0.508 e. The first-order valence-corrected chi connectivity index (χ1v) is 25.6. The molecular formula is C50H52F2N8O10S2. The highest BCUT2D eigenvalue weighted by atomic mass is 33.1. The van der Waals surface area contributed by atoms with Crippen molar-refractivity contribution < 1.29 is 56.9 Å². The van der Waals surface area contributed by atoms with E-state index in [1.54, 1.807) is 42.5 Å². The molecular weight excluding hydrogens is 975 g/mol. The number of nitrogens with one attached hydrogen (secondary N) is 2. The summed E-state index contributed by atoms with van der Waals surface area (Å²) < 4.78 is 43.5. The number of pyridine rings is 3. The summed E-state index contributed by atoms with van der Waals surface area (Å²) in [4.78, 5) is 92.5. The normalized spacial score (nSPS) is 18.3. The van der Waals surface area contributed by atoms with Crippen molar-refractivity contribution in [1.82, 2.24) is 35.4 Å². The average molecular weight is 1030 g/mol. The fourth-order valence-electron chi connectivity index (χ4n) is 9.07. The summed E-state index contributed by atoms with van der Waals surface area (Å²) in [6.45, 7) is 1.25. The topological polar surface area (TPSA) is 246 Å². The zero-order valence-corrected chi connectivity index (χ0v) is 40.9. The van der Waals surface area contributed by atoms with Gasteiger partial charge in [-0.15, -0.1) is 0 Å². The molecule has 3 aromatic heterocycles. The number of carboxylic acids is 1. The molecule has 378 valence electrons. The van der Waals surface area contributed by atoms with Gasteiger partial charge in [0.25, 0.3) is 5.92 Å². The highest BCUT2D eigenvalue weighted by Gasteiger charge is 2.48. The molecule has 5 aromatic rings. The number of aliphatic carboxylic acids is 1. The van der Waals surface area contributed by atoms with E-state index < -0.39 is 72.8 Å². The zero-order chi connectivity index (χ0) is 51.1. The molecule has 6 heterocycles. The van der Waals surface area contributed by atoms with Gasteiger partial charge in [-0.25, -0.2) is 23.4 Å². The van der Waals surface area contributed by atoms with Gasteiger partial charge in [0.1, 0.15) is 25.3 Å². The second-order valence-corrected chi connectivity index (χ2v) is 20.4. The van der Waals surface area contributed by atoms with E-state index in [9.17, 15) is 42.7 Å². The van der Waals surface area contributed by atoms with Crippen LogP contribution >= 0.6 is 21.6 Å². The van der Waals surface area contributed by atoms with Gasteiger partial charge < -0.3 is 45.5 Å². The van der Waals surface area contributed by atoms with Crippen LogP contribution in [0.4, 0.5) is 19.3 Å². The highest BCUT2D eigenvalue weighted by Crippen LogP contribution is 2.36. The van der Waals surface area contributed by atoms with Crippen LogP contribution in [0.1, 0.15) is 55.0 Å². The van der Waals surface area contributed by atoms with Crippen LogP contribution < -0.4 is 21.1 Å². The Balaban J connectivity index is 0.724. The molecule has 0 radical (unpaired) electrons. The van der Waals surface area contributed by atoms with Crippen LogP contribution in [0.3, 0.4) is 0 Å². The van der Waals surface area contributed by atoms with Crippen molar-refractivity contribution in [2.24, 2.45) is 5.92 Å². The van der Waals surface area contributed by atoms with Gasteiger partial charge in [0.2, 0.25) is 29.5 Å². The molecule has 2 saturated heterocycles. The van der Waals surface area contributed by atoms with Gasteiger partial charge in [0.05, 0.1) is 30.6 Å². The number of aryl methyl sites for hydroxylation is 1. The summed E-state index contributed by atoms with van der Waals surface area (Å²) >= 11 is 0. The number of ether oxygens (including phenoxy) is 3. The second kappa shape index (κ2) is 22.6. The molecule has 1 unspecified atom stereocenters. The molecule has 0 saturated carbocycles. The molecule has 4 atom stereocenters. The van der Waals surface area contributed by atoms with Crippen LogP contribution in [-0.2, 0) is 59.6 Å². The third-order valence-corrected chi connectivity index (χ3v) is 15.1. The van der Waals surface area contributed by atoms with Crippen LogP contribution in [0.5, 0.6) is 5.88 Å². The summed E-state index contributed by atoms with van der Waals surface area (Å²) in [5.74, 6) is -6.05. The lowest BCUT2D eigenvalue weighted by Crippen LogP contribution is -2.46. The van der Waals surface area contributed by atoms with Crippen molar-refractivity contribution in [3.8, 4) is 28.1 Å². The smallest absolute Gasteiger partial charge is 0.480 e.